The summed E-state index contributed by atoms with van der Waals surface area (Å²) in [5.41, 5.74) is 1.17. The molecule has 104 valence electrons. The summed E-state index contributed by atoms with van der Waals surface area (Å²) in [6.45, 7) is 2.30. The van der Waals surface area contributed by atoms with Gasteiger partial charge in [-0.1, -0.05) is 12.8 Å². The number of rotatable bonds is 3. The summed E-state index contributed by atoms with van der Waals surface area (Å²) in [6, 6.07) is 6.12. The number of hydrogen-bond acceptors (Lipinski definition) is 2. The Morgan fingerprint density at radius 1 is 1.26 bits per heavy atom. The third-order valence-corrected chi connectivity index (χ3v) is 5.70. The Labute approximate surface area is 119 Å². The minimum absolute atomic E-state index is 0.110. The third kappa shape index (κ3) is 2.97. The van der Waals surface area contributed by atoms with E-state index in [0.29, 0.717) is 12.1 Å². The summed E-state index contributed by atoms with van der Waals surface area (Å²) in [6.07, 6.45) is 6.57. The van der Waals surface area contributed by atoms with Crippen molar-refractivity contribution in [3.63, 3.8) is 0 Å². The molecule has 2 aliphatic rings. The van der Waals surface area contributed by atoms with E-state index < -0.39 is 0 Å². The molecule has 0 amide bonds. The van der Waals surface area contributed by atoms with Gasteiger partial charge >= 0.3 is 0 Å². The molecule has 1 saturated carbocycles. The predicted octanol–water partition coefficient (Wildman–Crippen LogP) is 4.53. The van der Waals surface area contributed by atoms with Crippen molar-refractivity contribution >= 4 is 11.8 Å². The molecule has 0 radical (unpaired) electrons. The molecule has 1 aliphatic heterocycles. The van der Waals surface area contributed by atoms with Crippen LogP contribution in [0.3, 0.4) is 0 Å². The lowest BCUT2D eigenvalue weighted by Gasteiger charge is -2.31. The van der Waals surface area contributed by atoms with Gasteiger partial charge in [0.1, 0.15) is 5.82 Å². The Bertz CT molecular complexity index is 442. The molecule has 2 unspecified atom stereocenters. The molecule has 1 aromatic rings. The smallest absolute Gasteiger partial charge is 0.123 e. The second-order valence-electron chi connectivity index (χ2n) is 5.87. The molecule has 1 nitrogen and oxygen atoms in total. The highest BCUT2D eigenvalue weighted by Crippen LogP contribution is 2.38. The van der Waals surface area contributed by atoms with E-state index in [1.165, 1.54) is 36.1 Å². The van der Waals surface area contributed by atoms with Gasteiger partial charge < -0.3 is 5.32 Å². The topological polar surface area (TPSA) is 12.0 Å². The Morgan fingerprint density at radius 3 is 2.84 bits per heavy atom. The molecule has 2 atom stereocenters. The van der Waals surface area contributed by atoms with E-state index in [4.69, 9.17) is 0 Å². The van der Waals surface area contributed by atoms with E-state index in [2.05, 4.69) is 12.2 Å². The van der Waals surface area contributed by atoms with E-state index in [1.54, 1.807) is 12.1 Å². The fourth-order valence-electron chi connectivity index (χ4n) is 3.45. The molecule has 19 heavy (non-hydrogen) atoms. The van der Waals surface area contributed by atoms with Gasteiger partial charge in [0.2, 0.25) is 0 Å². The Morgan fingerprint density at radius 2 is 2.05 bits per heavy atom. The van der Waals surface area contributed by atoms with Crippen molar-refractivity contribution in [1.82, 2.24) is 5.32 Å². The van der Waals surface area contributed by atoms with Gasteiger partial charge in [-0.2, -0.15) is 0 Å². The first-order chi connectivity index (χ1) is 9.24. The van der Waals surface area contributed by atoms with E-state index in [9.17, 15) is 4.39 Å². The molecule has 1 aliphatic carbocycles. The van der Waals surface area contributed by atoms with Crippen LogP contribution in [0.25, 0.3) is 0 Å². The second kappa shape index (κ2) is 5.84. The molecular weight excluding hydrogens is 257 g/mol. The van der Waals surface area contributed by atoms with Gasteiger partial charge in [-0.3, -0.25) is 0 Å². The fraction of sp³-hybridized carbons (Fsp3) is 0.625. The average molecular weight is 279 g/mol. The first-order valence-corrected chi connectivity index (χ1v) is 8.41. The average Bonchev–Trinajstić information content (AvgIpc) is 2.93. The zero-order valence-corrected chi connectivity index (χ0v) is 12.3. The van der Waals surface area contributed by atoms with Crippen LogP contribution in [-0.2, 0) is 0 Å². The molecule has 3 rings (SSSR count). The highest BCUT2D eigenvalue weighted by Gasteiger charge is 2.27. The molecule has 1 fully saturated rings. The van der Waals surface area contributed by atoms with E-state index in [-0.39, 0.29) is 5.82 Å². The molecular formula is C16H22FNS. The number of nitrogens with one attached hydrogen (secondary N) is 1. The summed E-state index contributed by atoms with van der Waals surface area (Å²) in [4.78, 5) is 1.25. The van der Waals surface area contributed by atoms with Crippen LogP contribution in [0.1, 0.15) is 50.6 Å². The van der Waals surface area contributed by atoms with Crippen LogP contribution >= 0.6 is 11.8 Å². The summed E-state index contributed by atoms with van der Waals surface area (Å²) < 4.78 is 13.5. The van der Waals surface area contributed by atoms with Gasteiger partial charge in [0.25, 0.3) is 0 Å². The molecule has 0 bridgehead atoms. The number of benzene rings is 1. The third-order valence-electron chi connectivity index (χ3n) is 4.58. The van der Waals surface area contributed by atoms with Gasteiger partial charge in [0, 0.05) is 17.0 Å². The van der Waals surface area contributed by atoms with Crippen LogP contribution < -0.4 is 5.32 Å². The van der Waals surface area contributed by atoms with Crippen molar-refractivity contribution in [1.29, 1.82) is 0 Å². The molecule has 0 spiro atoms. The summed E-state index contributed by atoms with van der Waals surface area (Å²) in [5.74, 6) is 1.83. The van der Waals surface area contributed by atoms with Crippen LogP contribution in [0.4, 0.5) is 4.39 Å². The van der Waals surface area contributed by atoms with Gasteiger partial charge in [-0.05, 0) is 61.6 Å². The normalized spacial score (nSPS) is 25.3. The van der Waals surface area contributed by atoms with Crippen molar-refractivity contribution < 1.29 is 4.39 Å². The van der Waals surface area contributed by atoms with Crippen LogP contribution in [-0.4, -0.2) is 11.8 Å². The zero-order valence-electron chi connectivity index (χ0n) is 11.5. The maximum atomic E-state index is 13.5. The van der Waals surface area contributed by atoms with Crippen molar-refractivity contribution in [2.24, 2.45) is 5.92 Å². The lowest BCUT2D eigenvalue weighted by Crippen LogP contribution is -2.36. The van der Waals surface area contributed by atoms with Crippen molar-refractivity contribution in [3.8, 4) is 0 Å². The minimum atomic E-state index is -0.110. The number of fused-ring (bicyclic) bond motifs is 1. The van der Waals surface area contributed by atoms with Crippen LogP contribution in [0, 0.1) is 11.7 Å². The maximum absolute atomic E-state index is 13.5. The number of halogens is 1. The molecule has 1 N–H and O–H groups in total. The monoisotopic (exact) mass is 279 g/mol. The highest BCUT2D eigenvalue weighted by molar-refractivity contribution is 7.99. The van der Waals surface area contributed by atoms with Crippen LogP contribution in [0.5, 0.6) is 0 Å². The standard InChI is InChI=1S/C16H22FNS/c1-11(12-4-2-3-5-12)18-15-8-9-19-16-7-6-13(17)10-14(15)16/h6-7,10-12,15,18H,2-5,8-9H2,1H3. The van der Waals surface area contributed by atoms with Gasteiger partial charge in [0.15, 0.2) is 0 Å². The molecule has 1 heterocycles. The molecule has 1 aromatic carbocycles. The van der Waals surface area contributed by atoms with Crippen molar-refractivity contribution in [3.05, 3.63) is 29.6 Å². The maximum Gasteiger partial charge on any atom is 0.123 e. The Balaban J connectivity index is 1.73. The fourth-order valence-corrected chi connectivity index (χ4v) is 4.55. The predicted molar refractivity (Wildman–Crippen MR) is 79.0 cm³/mol. The lowest BCUT2D eigenvalue weighted by molar-refractivity contribution is 0.336. The first kappa shape index (κ1) is 13.4. The van der Waals surface area contributed by atoms with E-state index in [0.717, 1.165) is 18.1 Å². The Hall–Kier alpha value is -0.540. The highest BCUT2D eigenvalue weighted by atomic mass is 32.2. The Kier molecular flexibility index (Phi) is 4.13. The summed E-state index contributed by atoms with van der Waals surface area (Å²) in [7, 11) is 0. The van der Waals surface area contributed by atoms with E-state index in [1.807, 2.05) is 17.8 Å². The number of hydrogen-bond donors (Lipinski definition) is 1. The van der Waals surface area contributed by atoms with Gasteiger partial charge in [0.05, 0.1) is 0 Å². The van der Waals surface area contributed by atoms with Crippen molar-refractivity contribution in [2.75, 3.05) is 5.75 Å². The van der Waals surface area contributed by atoms with Crippen LogP contribution in [0.15, 0.2) is 23.1 Å². The van der Waals surface area contributed by atoms with Gasteiger partial charge in [-0.25, -0.2) is 4.39 Å². The zero-order chi connectivity index (χ0) is 13.2. The summed E-state index contributed by atoms with van der Waals surface area (Å²) in [5, 5.41) is 3.76. The largest absolute Gasteiger partial charge is 0.307 e. The minimum Gasteiger partial charge on any atom is -0.307 e. The quantitative estimate of drug-likeness (QED) is 0.872. The van der Waals surface area contributed by atoms with Gasteiger partial charge in [-0.15, -0.1) is 11.8 Å². The SMILES string of the molecule is CC(NC1CCSc2ccc(F)cc21)C1CCCC1. The van der Waals surface area contributed by atoms with Crippen molar-refractivity contribution in [2.45, 2.75) is 56.0 Å². The molecule has 3 heteroatoms. The first-order valence-electron chi connectivity index (χ1n) is 7.42. The molecule has 0 aromatic heterocycles. The number of thioether (sulfide) groups is 1. The van der Waals surface area contributed by atoms with Crippen LogP contribution in [0.2, 0.25) is 0 Å². The van der Waals surface area contributed by atoms with E-state index >= 15 is 0 Å². The lowest BCUT2D eigenvalue weighted by atomic mass is 9.96. The second-order valence-corrected chi connectivity index (χ2v) is 7.01. The molecule has 0 saturated heterocycles. The summed E-state index contributed by atoms with van der Waals surface area (Å²) >= 11 is 1.85.